The normalized spacial score (nSPS) is 10.9. The molecule has 0 saturated carbocycles. The maximum absolute atomic E-state index is 6.10. The Bertz CT molecular complexity index is 299. The highest BCUT2D eigenvalue weighted by Gasteiger charge is 2.05. The lowest BCUT2D eigenvalue weighted by atomic mass is 10.2. The van der Waals surface area contributed by atoms with Crippen molar-refractivity contribution in [1.82, 2.24) is 5.32 Å². The summed E-state index contributed by atoms with van der Waals surface area (Å²) in [5, 5.41) is 4.24. The van der Waals surface area contributed by atoms with Crippen molar-refractivity contribution < 1.29 is 0 Å². The number of hydrogen-bond acceptors (Lipinski definition) is 2. The number of rotatable bonds is 4. The van der Waals surface area contributed by atoms with Gasteiger partial charge in [-0.15, -0.1) is 11.8 Å². The summed E-state index contributed by atoms with van der Waals surface area (Å²) in [5.41, 5.74) is 1.28. The highest BCUT2D eigenvalue weighted by Crippen LogP contribution is 2.28. The topological polar surface area (TPSA) is 12.0 Å². The SMILES string of the molecule is CSc1c(Cl)cccc1CNC(C)C. The minimum Gasteiger partial charge on any atom is -0.310 e. The van der Waals surface area contributed by atoms with Gasteiger partial charge in [-0.1, -0.05) is 37.6 Å². The number of thioether (sulfide) groups is 1. The molecule has 1 aromatic carbocycles. The summed E-state index contributed by atoms with van der Waals surface area (Å²) < 4.78 is 0. The average Bonchev–Trinajstić information content (AvgIpc) is 2.14. The fourth-order valence-electron chi connectivity index (χ4n) is 1.24. The van der Waals surface area contributed by atoms with Crippen molar-refractivity contribution >= 4 is 23.4 Å². The van der Waals surface area contributed by atoms with E-state index < -0.39 is 0 Å². The first-order chi connectivity index (χ1) is 6.65. The van der Waals surface area contributed by atoms with Crippen LogP contribution in [0.4, 0.5) is 0 Å². The molecular formula is C11H16ClNS. The molecule has 0 spiro atoms. The van der Waals surface area contributed by atoms with Crippen molar-refractivity contribution in [2.24, 2.45) is 0 Å². The molecule has 0 aliphatic rings. The quantitative estimate of drug-likeness (QED) is 0.793. The zero-order chi connectivity index (χ0) is 10.6. The summed E-state index contributed by atoms with van der Waals surface area (Å²) in [6.45, 7) is 5.17. The van der Waals surface area contributed by atoms with Gasteiger partial charge >= 0.3 is 0 Å². The number of benzene rings is 1. The van der Waals surface area contributed by atoms with Gasteiger partial charge in [0.05, 0.1) is 5.02 Å². The van der Waals surface area contributed by atoms with E-state index in [0.717, 1.165) is 11.6 Å². The van der Waals surface area contributed by atoms with Gasteiger partial charge in [0.15, 0.2) is 0 Å². The fraction of sp³-hybridized carbons (Fsp3) is 0.455. The summed E-state index contributed by atoms with van der Waals surface area (Å²) in [7, 11) is 0. The summed E-state index contributed by atoms with van der Waals surface area (Å²) in [6, 6.07) is 6.56. The van der Waals surface area contributed by atoms with E-state index in [2.05, 4.69) is 31.5 Å². The highest BCUT2D eigenvalue weighted by molar-refractivity contribution is 7.98. The highest BCUT2D eigenvalue weighted by atomic mass is 35.5. The molecule has 0 aromatic heterocycles. The molecule has 0 radical (unpaired) electrons. The van der Waals surface area contributed by atoms with Gasteiger partial charge < -0.3 is 5.32 Å². The lowest BCUT2D eigenvalue weighted by molar-refractivity contribution is 0.585. The summed E-state index contributed by atoms with van der Waals surface area (Å²) in [6.07, 6.45) is 2.06. The molecule has 0 unspecified atom stereocenters. The van der Waals surface area contributed by atoms with Crippen LogP contribution in [0.5, 0.6) is 0 Å². The molecular weight excluding hydrogens is 214 g/mol. The summed E-state index contributed by atoms with van der Waals surface area (Å²) in [4.78, 5) is 1.18. The van der Waals surface area contributed by atoms with Gasteiger partial charge in [0.25, 0.3) is 0 Å². The molecule has 78 valence electrons. The molecule has 0 heterocycles. The van der Waals surface area contributed by atoms with Crippen LogP contribution >= 0.6 is 23.4 Å². The summed E-state index contributed by atoms with van der Waals surface area (Å²) >= 11 is 7.80. The van der Waals surface area contributed by atoms with E-state index in [-0.39, 0.29) is 0 Å². The molecule has 0 aliphatic carbocycles. The minimum atomic E-state index is 0.503. The molecule has 0 bridgehead atoms. The maximum Gasteiger partial charge on any atom is 0.0545 e. The molecule has 0 atom stereocenters. The molecule has 0 amide bonds. The number of halogens is 1. The van der Waals surface area contributed by atoms with Gasteiger partial charge in [-0.2, -0.15) is 0 Å². The van der Waals surface area contributed by atoms with Gasteiger partial charge in [0, 0.05) is 17.5 Å². The van der Waals surface area contributed by atoms with Crippen molar-refractivity contribution in [3.63, 3.8) is 0 Å². The van der Waals surface area contributed by atoms with Crippen LogP contribution in [0.15, 0.2) is 23.1 Å². The van der Waals surface area contributed by atoms with Crippen molar-refractivity contribution in [2.45, 2.75) is 31.3 Å². The van der Waals surface area contributed by atoms with E-state index in [1.54, 1.807) is 11.8 Å². The number of hydrogen-bond donors (Lipinski definition) is 1. The van der Waals surface area contributed by atoms with E-state index in [0.29, 0.717) is 6.04 Å². The second-order valence-corrected chi connectivity index (χ2v) is 4.69. The lowest BCUT2D eigenvalue weighted by Crippen LogP contribution is -2.22. The second kappa shape index (κ2) is 5.64. The van der Waals surface area contributed by atoms with E-state index in [4.69, 9.17) is 11.6 Å². The molecule has 1 aromatic rings. The Morgan fingerprint density at radius 2 is 2.14 bits per heavy atom. The molecule has 1 rings (SSSR count). The zero-order valence-corrected chi connectivity index (χ0v) is 10.4. The van der Waals surface area contributed by atoms with Gasteiger partial charge in [0.2, 0.25) is 0 Å². The first kappa shape index (κ1) is 11.9. The van der Waals surface area contributed by atoms with Crippen molar-refractivity contribution in [1.29, 1.82) is 0 Å². The zero-order valence-electron chi connectivity index (χ0n) is 8.80. The third-order valence-electron chi connectivity index (χ3n) is 1.95. The Morgan fingerprint density at radius 1 is 1.43 bits per heavy atom. The molecule has 1 nitrogen and oxygen atoms in total. The summed E-state index contributed by atoms with van der Waals surface area (Å²) in [5.74, 6) is 0. The van der Waals surface area contributed by atoms with Gasteiger partial charge in [-0.05, 0) is 17.9 Å². The van der Waals surface area contributed by atoms with Crippen molar-refractivity contribution in [3.05, 3.63) is 28.8 Å². The first-order valence-corrected chi connectivity index (χ1v) is 6.30. The number of nitrogens with one attached hydrogen (secondary N) is 1. The maximum atomic E-state index is 6.10. The Morgan fingerprint density at radius 3 is 2.71 bits per heavy atom. The molecule has 0 aliphatic heterocycles. The Kier molecular flexibility index (Phi) is 4.79. The molecule has 0 fully saturated rings. The molecule has 0 saturated heterocycles. The monoisotopic (exact) mass is 229 g/mol. The third-order valence-corrected chi connectivity index (χ3v) is 3.27. The van der Waals surface area contributed by atoms with Crippen LogP contribution in [-0.4, -0.2) is 12.3 Å². The van der Waals surface area contributed by atoms with Crippen LogP contribution in [0.2, 0.25) is 5.02 Å². The predicted octanol–water partition coefficient (Wildman–Crippen LogP) is 3.56. The van der Waals surface area contributed by atoms with Gasteiger partial charge in [0.1, 0.15) is 0 Å². The largest absolute Gasteiger partial charge is 0.310 e. The third kappa shape index (κ3) is 3.19. The molecule has 1 N–H and O–H groups in total. The van der Waals surface area contributed by atoms with Gasteiger partial charge in [-0.25, -0.2) is 0 Å². The van der Waals surface area contributed by atoms with Crippen LogP contribution in [-0.2, 0) is 6.54 Å². The van der Waals surface area contributed by atoms with Crippen LogP contribution in [0.1, 0.15) is 19.4 Å². The van der Waals surface area contributed by atoms with Crippen molar-refractivity contribution in [2.75, 3.05) is 6.26 Å². The second-order valence-electron chi connectivity index (χ2n) is 3.47. The predicted molar refractivity (Wildman–Crippen MR) is 65.2 cm³/mol. The Balaban J connectivity index is 2.80. The first-order valence-electron chi connectivity index (χ1n) is 4.70. The van der Waals surface area contributed by atoms with Crippen molar-refractivity contribution in [3.8, 4) is 0 Å². The van der Waals surface area contributed by atoms with Crippen LogP contribution in [0.3, 0.4) is 0 Å². The Labute approximate surface area is 95.2 Å². The van der Waals surface area contributed by atoms with Crippen LogP contribution in [0.25, 0.3) is 0 Å². The average molecular weight is 230 g/mol. The van der Waals surface area contributed by atoms with Crippen LogP contribution < -0.4 is 5.32 Å². The smallest absolute Gasteiger partial charge is 0.0545 e. The standard InChI is InChI=1S/C11H16ClNS/c1-8(2)13-7-9-5-4-6-10(12)11(9)14-3/h4-6,8,13H,7H2,1-3H3. The minimum absolute atomic E-state index is 0.503. The lowest BCUT2D eigenvalue weighted by Gasteiger charge is -2.12. The van der Waals surface area contributed by atoms with E-state index >= 15 is 0 Å². The van der Waals surface area contributed by atoms with Crippen LogP contribution in [0, 0.1) is 0 Å². The fourth-order valence-corrected chi connectivity index (χ4v) is 2.33. The van der Waals surface area contributed by atoms with Gasteiger partial charge in [-0.3, -0.25) is 0 Å². The van der Waals surface area contributed by atoms with E-state index in [1.165, 1.54) is 10.5 Å². The van der Waals surface area contributed by atoms with E-state index in [9.17, 15) is 0 Å². The molecule has 14 heavy (non-hydrogen) atoms. The molecule has 3 heteroatoms. The Hall–Kier alpha value is -0.180. The van der Waals surface area contributed by atoms with E-state index in [1.807, 2.05) is 12.1 Å².